The summed E-state index contributed by atoms with van der Waals surface area (Å²) in [5, 5.41) is 10.2. The molecule has 0 aliphatic carbocycles. The van der Waals surface area contributed by atoms with Crippen LogP contribution in [0.25, 0.3) is 0 Å². The van der Waals surface area contributed by atoms with Gasteiger partial charge in [0.15, 0.2) is 8.32 Å². The summed E-state index contributed by atoms with van der Waals surface area (Å²) in [5.41, 5.74) is 0. The Morgan fingerprint density at radius 1 is 1.32 bits per heavy atom. The minimum absolute atomic E-state index is 0.124. The Balaban J connectivity index is 4.13. The van der Waals surface area contributed by atoms with E-state index in [1.165, 1.54) is 0 Å². The first-order valence-electron chi connectivity index (χ1n) is 7.23. The Bertz CT molecular complexity index is 290. The van der Waals surface area contributed by atoms with E-state index in [1.54, 1.807) is 0 Å². The third kappa shape index (κ3) is 6.55. The number of allylic oxidation sites excluding steroid dienone is 1. The normalized spacial score (nSPS) is 16.6. The standard InChI is InChI=1S/C16H32O2Si/c1-8-11-15(17)14(9-2)12-10-13-18-19(6,7)16(3,4)5/h8-9,11,14-15,17H,2,10,12-13H2,1,3-7H3/b11-8+/t14-,15+/m0/s1. The highest BCUT2D eigenvalue weighted by Crippen LogP contribution is 2.36. The zero-order valence-corrected chi connectivity index (χ0v) is 14.6. The summed E-state index contributed by atoms with van der Waals surface area (Å²) in [6, 6.07) is 0. The van der Waals surface area contributed by atoms with Crippen molar-refractivity contribution in [1.29, 1.82) is 0 Å². The number of aliphatic hydroxyl groups excluding tert-OH is 1. The lowest BCUT2D eigenvalue weighted by Crippen LogP contribution is -2.41. The van der Waals surface area contributed by atoms with Crippen LogP contribution in [0.15, 0.2) is 24.8 Å². The summed E-state index contributed by atoms with van der Waals surface area (Å²) < 4.78 is 6.13. The van der Waals surface area contributed by atoms with Crippen molar-refractivity contribution >= 4 is 8.32 Å². The highest BCUT2D eigenvalue weighted by Gasteiger charge is 2.36. The van der Waals surface area contributed by atoms with Gasteiger partial charge in [0.1, 0.15) is 0 Å². The molecule has 3 heteroatoms. The van der Waals surface area contributed by atoms with E-state index in [4.69, 9.17) is 4.43 Å². The number of hydrogen-bond donors (Lipinski definition) is 1. The van der Waals surface area contributed by atoms with E-state index in [1.807, 2.05) is 25.2 Å². The molecule has 0 saturated heterocycles. The highest BCUT2D eigenvalue weighted by atomic mass is 28.4. The van der Waals surface area contributed by atoms with Crippen LogP contribution < -0.4 is 0 Å². The summed E-state index contributed by atoms with van der Waals surface area (Å²) in [5.74, 6) is 0.124. The van der Waals surface area contributed by atoms with Crippen molar-refractivity contribution in [2.24, 2.45) is 5.92 Å². The van der Waals surface area contributed by atoms with Crippen LogP contribution in [-0.4, -0.2) is 26.1 Å². The minimum atomic E-state index is -1.63. The van der Waals surface area contributed by atoms with Crippen LogP contribution in [0.3, 0.4) is 0 Å². The SMILES string of the molecule is C=C[C@@H](CCCO[Si](C)(C)C(C)(C)C)[C@H](O)/C=C/C. The Morgan fingerprint density at radius 2 is 1.89 bits per heavy atom. The molecule has 0 aromatic heterocycles. The fourth-order valence-electron chi connectivity index (χ4n) is 1.63. The quantitative estimate of drug-likeness (QED) is 0.403. The van der Waals surface area contributed by atoms with Gasteiger partial charge < -0.3 is 9.53 Å². The monoisotopic (exact) mass is 284 g/mol. The Morgan fingerprint density at radius 3 is 2.32 bits per heavy atom. The molecular weight excluding hydrogens is 252 g/mol. The first kappa shape index (κ1) is 18.6. The molecule has 0 aliphatic heterocycles. The maximum Gasteiger partial charge on any atom is 0.191 e. The van der Waals surface area contributed by atoms with Gasteiger partial charge in [0.2, 0.25) is 0 Å². The van der Waals surface area contributed by atoms with Gasteiger partial charge in [0.25, 0.3) is 0 Å². The van der Waals surface area contributed by atoms with Crippen LogP contribution in [0.4, 0.5) is 0 Å². The molecule has 2 atom stereocenters. The van der Waals surface area contributed by atoms with Gasteiger partial charge in [0, 0.05) is 12.5 Å². The minimum Gasteiger partial charge on any atom is -0.417 e. The van der Waals surface area contributed by atoms with Crippen molar-refractivity contribution < 1.29 is 9.53 Å². The predicted octanol–water partition coefficient (Wildman–Crippen LogP) is 4.53. The van der Waals surface area contributed by atoms with E-state index < -0.39 is 14.4 Å². The lowest BCUT2D eigenvalue weighted by molar-refractivity contribution is 0.164. The molecule has 0 saturated carbocycles. The summed E-state index contributed by atoms with van der Waals surface area (Å²) in [7, 11) is -1.63. The molecule has 19 heavy (non-hydrogen) atoms. The van der Waals surface area contributed by atoms with Gasteiger partial charge in [-0.2, -0.15) is 0 Å². The lowest BCUT2D eigenvalue weighted by Gasteiger charge is -2.36. The second-order valence-corrected chi connectivity index (χ2v) is 11.5. The topological polar surface area (TPSA) is 29.5 Å². The van der Waals surface area contributed by atoms with Gasteiger partial charge in [-0.25, -0.2) is 0 Å². The van der Waals surface area contributed by atoms with Crippen LogP contribution in [-0.2, 0) is 4.43 Å². The average molecular weight is 285 g/mol. The molecule has 0 rings (SSSR count). The molecule has 0 unspecified atom stereocenters. The van der Waals surface area contributed by atoms with Gasteiger partial charge >= 0.3 is 0 Å². The molecule has 112 valence electrons. The fraction of sp³-hybridized carbons (Fsp3) is 0.750. The molecular formula is C16H32O2Si. The molecule has 0 heterocycles. The van der Waals surface area contributed by atoms with Crippen LogP contribution in [0.1, 0.15) is 40.5 Å². The zero-order valence-electron chi connectivity index (χ0n) is 13.6. The summed E-state index contributed by atoms with van der Waals surface area (Å²) in [6.07, 6.45) is 7.02. The predicted molar refractivity (Wildman–Crippen MR) is 86.9 cm³/mol. The lowest BCUT2D eigenvalue weighted by atomic mass is 9.97. The van der Waals surface area contributed by atoms with Gasteiger partial charge in [-0.3, -0.25) is 0 Å². The average Bonchev–Trinajstić information content (AvgIpc) is 2.27. The summed E-state index contributed by atoms with van der Waals surface area (Å²) in [6.45, 7) is 17.8. The van der Waals surface area contributed by atoms with Crippen molar-refractivity contribution in [3.8, 4) is 0 Å². The maximum atomic E-state index is 9.91. The molecule has 2 nitrogen and oxygen atoms in total. The van der Waals surface area contributed by atoms with Crippen molar-refractivity contribution in [1.82, 2.24) is 0 Å². The molecule has 0 aromatic carbocycles. The van der Waals surface area contributed by atoms with Crippen molar-refractivity contribution in [2.75, 3.05) is 6.61 Å². The Labute approximate surface area is 120 Å². The third-order valence-corrected chi connectivity index (χ3v) is 8.62. The number of hydrogen-bond acceptors (Lipinski definition) is 2. The van der Waals surface area contributed by atoms with Crippen molar-refractivity contribution in [3.63, 3.8) is 0 Å². The van der Waals surface area contributed by atoms with E-state index in [0.29, 0.717) is 0 Å². The molecule has 0 spiro atoms. The van der Waals surface area contributed by atoms with Gasteiger partial charge in [-0.15, -0.1) is 6.58 Å². The zero-order chi connectivity index (χ0) is 15.1. The molecule has 0 amide bonds. The Hall–Kier alpha value is -0.383. The fourth-order valence-corrected chi connectivity index (χ4v) is 2.72. The molecule has 0 bridgehead atoms. The van der Waals surface area contributed by atoms with E-state index in [2.05, 4.69) is 40.4 Å². The molecule has 1 N–H and O–H groups in total. The number of rotatable bonds is 8. The van der Waals surface area contributed by atoms with E-state index in [9.17, 15) is 5.11 Å². The second-order valence-electron chi connectivity index (χ2n) is 6.67. The second kappa shape index (κ2) is 8.03. The van der Waals surface area contributed by atoms with Gasteiger partial charge in [0.05, 0.1) is 6.10 Å². The maximum absolute atomic E-state index is 9.91. The Kier molecular flexibility index (Phi) is 7.87. The largest absolute Gasteiger partial charge is 0.417 e. The van der Waals surface area contributed by atoms with Crippen LogP contribution >= 0.6 is 0 Å². The third-order valence-electron chi connectivity index (χ3n) is 4.08. The van der Waals surface area contributed by atoms with Gasteiger partial charge in [-0.05, 0) is 37.9 Å². The van der Waals surface area contributed by atoms with Crippen molar-refractivity contribution in [2.45, 2.75) is 64.8 Å². The summed E-state index contributed by atoms with van der Waals surface area (Å²) in [4.78, 5) is 0. The smallest absolute Gasteiger partial charge is 0.191 e. The molecule has 0 aliphatic rings. The molecule has 0 radical (unpaired) electrons. The first-order chi connectivity index (χ1) is 8.65. The van der Waals surface area contributed by atoms with Crippen LogP contribution in [0, 0.1) is 5.92 Å². The van der Waals surface area contributed by atoms with Gasteiger partial charge in [-0.1, -0.05) is 39.0 Å². The summed E-state index contributed by atoms with van der Waals surface area (Å²) >= 11 is 0. The van der Waals surface area contributed by atoms with Crippen molar-refractivity contribution in [3.05, 3.63) is 24.8 Å². The highest BCUT2D eigenvalue weighted by molar-refractivity contribution is 6.74. The first-order valence-corrected chi connectivity index (χ1v) is 10.1. The molecule has 0 aromatic rings. The molecule has 0 fully saturated rings. The van der Waals surface area contributed by atoms with E-state index in [0.717, 1.165) is 19.4 Å². The van der Waals surface area contributed by atoms with E-state index >= 15 is 0 Å². The number of aliphatic hydroxyl groups is 1. The van der Waals surface area contributed by atoms with E-state index in [-0.39, 0.29) is 11.0 Å². The van der Waals surface area contributed by atoms with Crippen LogP contribution in [0.5, 0.6) is 0 Å². The van der Waals surface area contributed by atoms with Crippen LogP contribution in [0.2, 0.25) is 18.1 Å².